The molecular weight excluding hydrogens is 454 g/mol. The zero-order valence-electron chi connectivity index (χ0n) is 19.4. The third kappa shape index (κ3) is 6.12. The molecule has 0 radical (unpaired) electrons. The lowest BCUT2D eigenvalue weighted by atomic mass is 10.1. The molecule has 0 aliphatic heterocycles. The average Bonchev–Trinajstić information content (AvgIpc) is 3.33. The van der Waals surface area contributed by atoms with Crippen molar-refractivity contribution in [1.82, 2.24) is 15.1 Å². The first-order chi connectivity index (χ1) is 17.5. The molecule has 8 nitrogen and oxygen atoms in total. The number of nitrogens with two attached hydrogens (primary N) is 1. The lowest BCUT2D eigenvalue weighted by Gasteiger charge is -2.10. The van der Waals surface area contributed by atoms with E-state index in [1.54, 1.807) is 35.0 Å². The number of carbonyl (C=O) groups excluding carboxylic acids is 3. The zero-order chi connectivity index (χ0) is 25.3. The van der Waals surface area contributed by atoms with E-state index < -0.39 is 17.7 Å². The first kappa shape index (κ1) is 24.2. The van der Waals surface area contributed by atoms with Crippen LogP contribution in [-0.2, 0) is 9.59 Å². The van der Waals surface area contributed by atoms with E-state index in [9.17, 15) is 14.4 Å². The Kier molecular flexibility index (Phi) is 7.67. The molecule has 0 aliphatic carbocycles. The summed E-state index contributed by atoms with van der Waals surface area (Å²) in [7, 11) is 0. The highest BCUT2D eigenvalue weighted by molar-refractivity contribution is 6.07. The van der Waals surface area contributed by atoms with E-state index in [0.29, 0.717) is 5.69 Å². The Morgan fingerprint density at radius 3 is 2.28 bits per heavy atom. The van der Waals surface area contributed by atoms with E-state index in [-0.39, 0.29) is 18.5 Å². The van der Waals surface area contributed by atoms with Crippen molar-refractivity contribution in [2.75, 3.05) is 11.9 Å². The predicted molar refractivity (Wildman–Crippen MR) is 139 cm³/mol. The summed E-state index contributed by atoms with van der Waals surface area (Å²) in [6.45, 7) is 0.115. The molecule has 3 aromatic carbocycles. The fourth-order valence-electron chi connectivity index (χ4n) is 3.57. The lowest BCUT2D eigenvalue weighted by Crippen LogP contribution is -2.28. The van der Waals surface area contributed by atoms with Crippen LogP contribution in [-0.4, -0.2) is 34.0 Å². The summed E-state index contributed by atoms with van der Waals surface area (Å²) in [6.07, 6.45) is 4.99. The van der Waals surface area contributed by atoms with Gasteiger partial charge in [-0.05, 0) is 30.3 Å². The third-order valence-electron chi connectivity index (χ3n) is 5.31. The Morgan fingerprint density at radius 1 is 0.889 bits per heavy atom. The van der Waals surface area contributed by atoms with Gasteiger partial charge in [0.25, 0.3) is 5.91 Å². The van der Waals surface area contributed by atoms with Gasteiger partial charge in [-0.2, -0.15) is 5.10 Å². The standard InChI is InChI=1S/C28H25N5O3/c29-25(34)17-18-30-28(36)23-13-7-8-14-24(23)31-26(35)16-15-21-19-33(22-11-5-2-6-12-22)32-27(21)20-9-3-1-4-10-20/h1-16,19H,17-18H2,(H2,29,34)(H,30,36)(H,31,35)/b16-15+. The molecule has 0 atom stereocenters. The van der Waals surface area contributed by atoms with Gasteiger partial charge >= 0.3 is 0 Å². The van der Waals surface area contributed by atoms with Gasteiger partial charge in [0, 0.05) is 36.4 Å². The lowest BCUT2D eigenvalue weighted by molar-refractivity contribution is -0.118. The molecular formula is C28H25N5O3. The topological polar surface area (TPSA) is 119 Å². The summed E-state index contributed by atoms with van der Waals surface area (Å²) in [5.41, 5.74) is 9.07. The van der Waals surface area contributed by atoms with Crippen LogP contribution in [0.3, 0.4) is 0 Å². The molecule has 0 saturated carbocycles. The number of hydrogen-bond acceptors (Lipinski definition) is 4. The average molecular weight is 480 g/mol. The number of amides is 3. The maximum Gasteiger partial charge on any atom is 0.253 e. The van der Waals surface area contributed by atoms with Crippen molar-refractivity contribution < 1.29 is 14.4 Å². The second-order valence-electron chi connectivity index (χ2n) is 7.92. The highest BCUT2D eigenvalue weighted by atomic mass is 16.2. The summed E-state index contributed by atoms with van der Waals surface area (Å²) >= 11 is 0. The van der Waals surface area contributed by atoms with Crippen LogP contribution in [0.25, 0.3) is 23.0 Å². The van der Waals surface area contributed by atoms with Crippen molar-refractivity contribution >= 4 is 29.5 Å². The molecule has 4 N–H and O–H groups in total. The van der Waals surface area contributed by atoms with Gasteiger partial charge in [-0.3, -0.25) is 14.4 Å². The van der Waals surface area contributed by atoms with Gasteiger partial charge in [-0.1, -0.05) is 60.7 Å². The van der Waals surface area contributed by atoms with E-state index in [0.717, 1.165) is 22.5 Å². The van der Waals surface area contributed by atoms with Crippen molar-refractivity contribution in [1.29, 1.82) is 0 Å². The van der Waals surface area contributed by atoms with Gasteiger partial charge in [-0.25, -0.2) is 4.68 Å². The molecule has 0 fully saturated rings. The Balaban J connectivity index is 1.54. The van der Waals surface area contributed by atoms with Crippen molar-refractivity contribution in [3.63, 3.8) is 0 Å². The van der Waals surface area contributed by atoms with Crippen LogP contribution < -0.4 is 16.4 Å². The molecule has 0 spiro atoms. The molecule has 36 heavy (non-hydrogen) atoms. The van der Waals surface area contributed by atoms with E-state index in [1.807, 2.05) is 66.9 Å². The maximum absolute atomic E-state index is 12.8. The molecule has 4 aromatic rings. The minimum Gasteiger partial charge on any atom is -0.370 e. The molecule has 3 amide bonds. The number of para-hydroxylation sites is 2. The van der Waals surface area contributed by atoms with Crippen LogP contribution in [0.4, 0.5) is 5.69 Å². The van der Waals surface area contributed by atoms with Crippen LogP contribution in [0.15, 0.2) is 97.2 Å². The first-order valence-corrected chi connectivity index (χ1v) is 11.4. The number of aromatic nitrogens is 2. The number of hydrogen-bond donors (Lipinski definition) is 3. The van der Waals surface area contributed by atoms with Gasteiger partial charge in [0.2, 0.25) is 11.8 Å². The third-order valence-corrected chi connectivity index (χ3v) is 5.31. The number of anilines is 1. The zero-order valence-corrected chi connectivity index (χ0v) is 19.4. The quantitative estimate of drug-likeness (QED) is 0.316. The number of nitrogens with zero attached hydrogens (tertiary/aromatic N) is 2. The molecule has 0 bridgehead atoms. The Hall–Kier alpha value is -4.98. The van der Waals surface area contributed by atoms with E-state index >= 15 is 0 Å². The van der Waals surface area contributed by atoms with Gasteiger partial charge in [0.15, 0.2) is 0 Å². The van der Waals surface area contributed by atoms with Gasteiger partial charge in [0.1, 0.15) is 0 Å². The number of rotatable bonds is 9. The van der Waals surface area contributed by atoms with Crippen LogP contribution in [0.1, 0.15) is 22.3 Å². The van der Waals surface area contributed by atoms with E-state index in [2.05, 4.69) is 10.6 Å². The molecule has 1 aromatic heterocycles. The summed E-state index contributed by atoms with van der Waals surface area (Å²) in [5.74, 6) is -1.32. The van der Waals surface area contributed by atoms with Crippen molar-refractivity contribution in [3.05, 3.63) is 108 Å². The van der Waals surface area contributed by atoms with Gasteiger partial charge in [0.05, 0.1) is 22.6 Å². The van der Waals surface area contributed by atoms with Crippen LogP contribution in [0.2, 0.25) is 0 Å². The minimum absolute atomic E-state index is 0.0312. The molecule has 180 valence electrons. The summed E-state index contributed by atoms with van der Waals surface area (Å²) in [5, 5.41) is 10.1. The second-order valence-corrected chi connectivity index (χ2v) is 7.92. The molecule has 0 aliphatic rings. The van der Waals surface area contributed by atoms with Crippen LogP contribution in [0, 0.1) is 0 Å². The van der Waals surface area contributed by atoms with E-state index in [4.69, 9.17) is 10.8 Å². The molecule has 1 heterocycles. The smallest absolute Gasteiger partial charge is 0.253 e. The first-order valence-electron chi connectivity index (χ1n) is 11.4. The SMILES string of the molecule is NC(=O)CCNC(=O)c1ccccc1NC(=O)/C=C/c1cn(-c2ccccc2)nc1-c1ccccc1. The van der Waals surface area contributed by atoms with Crippen LogP contribution in [0.5, 0.6) is 0 Å². The van der Waals surface area contributed by atoms with Crippen molar-refractivity contribution in [3.8, 4) is 16.9 Å². The molecule has 0 saturated heterocycles. The van der Waals surface area contributed by atoms with Crippen LogP contribution >= 0.6 is 0 Å². The van der Waals surface area contributed by atoms with E-state index in [1.165, 1.54) is 6.08 Å². The maximum atomic E-state index is 12.8. The van der Waals surface area contributed by atoms with Gasteiger partial charge in [-0.15, -0.1) is 0 Å². The largest absolute Gasteiger partial charge is 0.370 e. The Labute approximate surface area is 208 Å². The fourth-order valence-corrected chi connectivity index (χ4v) is 3.57. The Bertz CT molecular complexity index is 1400. The minimum atomic E-state index is -0.507. The highest BCUT2D eigenvalue weighted by Crippen LogP contribution is 2.25. The number of primary amides is 1. The normalized spacial score (nSPS) is 10.8. The highest BCUT2D eigenvalue weighted by Gasteiger charge is 2.13. The number of nitrogens with one attached hydrogen (secondary N) is 2. The second kappa shape index (κ2) is 11.4. The summed E-state index contributed by atoms with van der Waals surface area (Å²) in [4.78, 5) is 36.2. The fraction of sp³-hybridized carbons (Fsp3) is 0.0714. The van der Waals surface area contributed by atoms with Gasteiger partial charge < -0.3 is 16.4 Å². The predicted octanol–water partition coefficient (Wildman–Crippen LogP) is 3.80. The van der Waals surface area contributed by atoms with Crippen molar-refractivity contribution in [2.24, 2.45) is 5.73 Å². The van der Waals surface area contributed by atoms with Crippen molar-refractivity contribution in [2.45, 2.75) is 6.42 Å². The Morgan fingerprint density at radius 2 is 1.56 bits per heavy atom. The number of benzene rings is 3. The molecule has 0 unspecified atom stereocenters. The summed E-state index contributed by atoms with van der Waals surface area (Å²) < 4.78 is 1.77. The number of carbonyl (C=O) groups is 3. The monoisotopic (exact) mass is 479 g/mol. The summed E-state index contributed by atoms with van der Waals surface area (Å²) in [6, 6.07) is 26.1. The molecule has 4 rings (SSSR count). The molecule has 8 heteroatoms.